The minimum atomic E-state index is -2.88. The third-order valence-corrected chi connectivity index (χ3v) is 6.95. The quantitative estimate of drug-likeness (QED) is 0.273. The number of nitrogens with zero attached hydrogens (tertiary/aromatic N) is 2. The molecule has 0 amide bonds. The van der Waals surface area contributed by atoms with E-state index in [1.165, 1.54) is 38.4 Å². The summed E-state index contributed by atoms with van der Waals surface area (Å²) in [5, 5.41) is 6.92. The topological polar surface area (TPSA) is 83.0 Å². The third kappa shape index (κ3) is 11.5. The van der Waals surface area contributed by atoms with Crippen molar-refractivity contribution in [1.29, 1.82) is 0 Å². The van der Waals surface area contributed by atoms with Crippen LogP contribution in [-0.4, -0.2) is 82.8 Å². The van der Waals surface area contributed by atoms with E-state index in [1.54, 1.807) is 0 Å². The first-order chi connectivity index (χ1) is 14.5. The molecule has 2 aliphatic rings. The lowest BCUT2D eigenvalue weighted by Gasteiger charge is -2.32. The van der Waals surface area contributed by atoms with Crippen LogP contribution in [0.3, 0.4) is 0 Å². The number of hydrogen-bond acceptors (Lipinski definition) is 5. The summed E-state index contributed by atoms with van der Waals surface area (Å²) in [6, 6.07) is 0.404. The Balaban J connectivity index is 1.57. The Bertz CT molecular complexity index is 583. The molecular formula is C22H44N4O3S. The molecule has 1 heterocycles. The summed E-state index contributed by atoms with van der Waals surface area (Å²) >= 11 is 0. The van der Waals surface area contributed by atoms with Crippen molar-refractivity contribution in [3.8, 4) is 0 Å². The van der Waals surface area contributed by atoms with E-state index in [0.717, 1.165) is 70.8 Å². The smallest absolute Gasteiger partial charge is 0.191 e. The maximum atomic E-state index is 11.3. The number of hydrogen-bond donors (Lipinski definition) is 2. The summed E-state index contributed by atoms with van der Waals surface area (Å²) < 4.78 is 28.7. The molecule has 8 heteroatoms. The first-order valence-electron chi connectivity index (χ1n) is 12.0. The van der Waals surface area contributed by atoms with Crippen molar-refractivity contribution < 1.29 is 13.2 Å². The van der Waals surface area contributed by atoms with Gasteiger partial charge in [-0.25, -0.2) is 8.42 Å². The molecule has 2 rings (SSSR count). The molecule has 2 fully saturated rings. The summed E-state index contributed by atoms with van der Waals surface area (Å²) in [7, 11) is -2.88. The number of rotatable bonds is 12. The van der Waals surface area contributed by atoms with Crippen LogP contribution in [0.25, 0.3) is 0 Å². The zero-order valence-corrected chi connectivity index (χ0v) is 20.0. The summed E-state index contributed by atoms with van der Waals surface area (Å²) in [5.74, 6) is 1.16. The lowest BCUT2D eigenvalue weighted by molar-refractivity contribution is 0.0264. The minimum absolute atomic E-state index is 0.251. The van der Waals surface area contributed by atoms with Crippen molar-refractivity contribution in [2.45, 2.75) is 83.3 Å². The maximum absolute atomic E-state index is 11.3. The number of likely N-dealkylation sites (tertiary alicyclic amines) is 1. The van der Waals surface area contributed by atoms with Crippen LogP contribution in [0.4, 0.5) is 0 Å². The molecular weight excluding hydrogens is 400 g/mol. The summed E-state index contributed by atoms with van der Waals surface area (Å²) in [5.41, 5.74) is 0. The van der Waals surface area contributed by atoms with Gasteiger partial charge in [0.2, 0.25) is 0 Å². The van der Waals surface area contributed by atoms with Gasteiger partial charge in [0.15, 0.2) is 5.96 Å². The number of guanidine groups is 1. The average molecular weight is 445 g/mol. The predicted octanol–water partition coefficient (Wildman–Crippen LogP) is 2.57. The molecule has 176 valence electrons. The van der Waals surface area contributed by atoms with Crippen molar-refractivity contribution in [1.82, 2.24) is 15.5 Å². The molecule has 0 bridgehead atoms. The van der Waals surface area contributed by atoms with Crippen molar-refractivity contribution >= 4 is 15.8 Å². The van der Waals surface area contributed by atoms with Gasteiger partial charge in [0.25, 0.3) is 0 Å². The molecule has 1 saturated carbocycles. The Labute approximate surface area is 184 Å². The zero-order chi connectivity index (χ0) is 21.7. The molecule has 0 spiro atoms. The maximum Gasteiger partial charge on any atom is 0.191 e. The molecule has 1 aliphatic carbocycles. The molecule has 0 unspecified atom stereocenters. The van der Waals surface area contributed by atoms with Gasteiger partial charge in [-0.1, -0.05) is 19.3 Å². The highest BCUT2D eigenvalue weighted by atomic mass is 32.2. The molecule has 0 aromatic rings. The van der Waals surface area contributed by atoms with Gasteiger partial charge in [-0.2, -0.15) is 0 Å². The van der Waals surface area contributed by atoms with Gasteiger partial charge in [0.1, 0.15) is 9.84 Å². The third-order valence-electron chi connectivity index (χ3n) is 6.03. The second-order valence-electron chi connectivity index (χ2n) is 8.84. The van der Waals surface area contributed by atoms with E-state index in [2.05, 4.69) is 22.5 Å². The summed E-state index contributed by atoms with van der Waals surface area (Å²) in [6.07, 6.45) is 13.8. The second-order valence-corrected chi connectivity index (χ2v) is 11.1. The van der Waals surface area contributed by atoms with Crippen molar-refractivity contribution in [3.63, 3.8) is 0 Å². The monoisotopic (exact) mass is 444 g/mol. The van der Waals surface area contributed by atoms with E-state index >= 15 is 0 Å². The highest BCUT2D eigenvalue weighted by Crippen LogP contribution is 2.20. The van der Waals surface area contributed by atoms with E-state index in [9.17, 15) is 8.42 Å². The SMILES string of the molecule is CCNC(=NCCCCCOC1CCCCC1)NC1CCN(CCS(C)(=O)=O)CC1. The van der Waals surface area contributed by atoms with Crippen LogP contribution in [0.15, 0.2) is 4.99 Å². The molecule has 2 N–H and O–H groups in total. The molecule has 0 aromatic heterocycles. The van der Waals surface area contributed by atoms with Crippen LogP contribution < -0.4 is 10.6 Å². The molecule has 0 radical (unpaired) electrons. The van der Waals surface area contributed by atoms with Crippen LogP contribution in [0, 0.1) is 0 Å². The number of sulfone groups is 1. The van der Waals surface area contributed by atoms with Gasteiger partial charge in [-0.05, 0) is 51.9 Å². The normalized spacial score (nSPS) is 20.4. The van der Waals surface area contributed by atoms with Gasteiger partial charge in [0.05, 0.1) is 11.9 Å². The Morgan fingerprint density at radius 2 is 1.80 bits per heavy atom. The molecule has 0 aromatic carbocycles. The highest BCUT2D eigenvalue weighted by Gasteiger charge is 2.20. The Hall–Kier alpha value is -0.860. The van der Waals surface area contributed by atoms with Crippen LogP contribution in [0.5, 0.6) is 0 Å². The molecule has 1 saturated heterocycles. The fourth-order valence-electron chi connectivity index (χ4n) is 4.17. The first kappa shape index (κ1) is 25.4. The molecule has 7 nitrogen and oxygen atoms in total. The van der Waals surface area contributed by atoms with Gasteiger partial charge < -0.3 is 20.3 Å². The number of ether oxygens (including phenoxy) is 1. The first-order valence-corrected chi connectivity index (χ1v) is 14.1. The summed E-state index contributed by atoms with van der Waals surface area (Å²) in [4.78, 5) is 6.99. The van der Waals surface area contributed by atoms with E-state index in [-0.39, 0.29) is 5.75 Å². The minimum Gasteiger partial charge on any atom is -0.378 e. The Morgan fingerprint density at radius 3 is 2.47 bits per heavy atom. The number of aliphatic imine (C=N–C) groups is 1. The highest BCUT2D eigenvalue weighted by molar-refractivity contribution is 7.90. The number of unbranched alkanes of at least 4 members (excludes halogenated alkanes) is 2. The van der Waals surface area contributed by atoms with Gasteiger partial charge >= 0.3 is 0 Å². The van der Waals surface area contributed by atoms with Crippen LogP contribution >= 0.6 is 0 Å². The van der Waals surface area contributed by atoms with Crippen molar-refractivity contribution in [3.05, 3.63) is 0 Å². The van der Waals surface area contributed by atoms with Crippen LogP contribution in [0.2, 0.25) is 0 Å². The van der Waals surface area contributed by atoms with E-state index in [1.807, 2.05) is 0 Å². The average Bonchev–Trinajstić information content (AvgIpc) is 2.73. The van der Waals surface area contributed by atoms with Gasteiger partial charge in [0, 0.05) is 51.6 Å². The second kappa shape index (κ2) is 14.2. The van der Waals surface area contributed by atoms with E-state index in [4.69, 9.17) is 9.73 Å². The van der Waals surface area contributed by atoms with E-state index in [0.29, 0.717) is 18.7 Å². The van der Waals surface area contributed by atoms with Crippen LogP contribution in [0.1, 0.15) is 71.1 Å². The van der Waals surface area contributed by atoms with E-state index < -0.39 is 9.84 Å². The number of piperidine rings is 1. The fourth-order valence-corrected chi connectivity index (χ4v) is 4.76. The van der Waals surface area contributed by atoms with Gasteiger partial charge in [-0.15, -0.1) is 0 Å². The number of nitrogens with one attached hydrogen (secondary N) is 2. The van der Waals surface area contributed by atoms with Crippen LogP contribution in [-0.2, 0) is 14.6 Å². The molecule has 0 atom stereocenters. The molecule has 30 heavy (non-hydrogen) atoms. The lowest BCUT2D eigenvalue weighted by atomic mass is 9.98. The summed E-state index contributed by atoms with van der Waals surface area (Å²) in [6.45, 7) is 7.20. The standard InChI is InChI=1S/C22H44N4O3S/c1-3-23-22(24-14-8-5-9-18-29-21-10-6-4-7-11-21)25-20-12-15-26(16-13-20)17-19-30(2,27)28/h20-21H,3-19H2,1-2H3,(H2,23,24,25). The lowest BCUT2D eigenvalue weighted by Crippen LogP contribution is -2.49. The fraction of sp³-hybridized carbons (Fsp3) is 0.955. The Morgan fingerprint density at radius 1 is 1.07 bits per heavy atom. The zero-order valence-electron chi connectivity index (χ0n) is 19.2. The van der Waals surface area contributed by atoms with Crippen molar-refractivity contribution in [2.75, 3.05) is 51.3 Å². The van der Waals surface area contributed by atoms with Gasteiger partial charge in [-0.3, -0.25) is 4.99 Å². The largest absolute Gasteiger partial charge is 0.378 e. The predicted molar refractivity (Wildman–Crippen MR) is 125 cm³/mol. The molecule has 1 aliphatic heterocycles. The Kier molecular flexibility index (Phi) is 12.1. The van der Waals surface area contributed by atoms with Crippen molar-refractivity contribution in [2.24, 2.45) is 4.99 Å².